The van der Waals surface area contributed by atoms with Gasteiger partial charge in [0.05, 0.1) is 0 Å². The monoisotopic (exact) mass is 262 g/mol. The third-order valence-electron chi connectivity index (χ3n) is 1.90. The molecule has 0 amide bonds. The summed E-state index contributed by atoms with van der Waals surface area (Å²) in [5.41, 5.74) is 0. The molecule has 0 atom stereocenters. The summed E-state index contributed by atoms with van der Waals surface area (Å²) in [6.07, 6.45) is 3.37. The second kappa shape index (κ2) is 5.78. The number of hydrogen-bond acceptors (Lipinski definition) is 2. The topological polar surface area (TPSA) is 9.23 Å². The molecular formula is C10H15BrOS. The van der Waals surface area contributed by atoms with Gasteiger partial charge in [-0.3, -0.25) is 0 Å². The van der Waals surface area contributed by atoms with Crippen molar-refractivity contribution in [2.45, 2.75) is 26.2 Å². The molecule has 0 saturated heterocycles. The fourth-order valence-electron chi connectivity index (χ4n) is 1.21. The van der Waals surface area contributed by atoms with Crippen molar-refractivity contribution in [1.29, 1.82) is 0 Å². The maximum atomic E-state index is 5.02. The minimum Gasteiger partial charge on any atom is -0.385 e. The lowest BCUT2D eigenvalue weighted by Gasteiger charge is -1.95. The Labute approximate surface area is 92.2 Å². The van der Waals surface area contributed by atoms with Crippen molar-refractivity contribution >= 4 is 27.3 Å². The van der Waals surface area contributed by atoms with E-state index in [2.05, 4.69) is 28.9 Å². The number of methoxy groups -OCH3 is 1. The van der Waals surface area contributed by atoms with Gasteiger partial charge < -0.3 is 4.74 Å². The summed E-state index contributed by atoms with van der Waals surface area (Å²) >= 11 is 5.47. The summed E-state index contributed by atoms with van der Waals surface area (Å²) in [7, 11) is 1.75. The Morgan fingerprint density at radius 3 is 2.85 bits per heavy atom. The van der Waals surface area contributed by atoms with Crippen molar-refractivity contribution in [3.63, 3.8) is 0 Å². The molecule has 0 fully saturated rings. The average molecular weight is 263 g/mol. The molecule has 0 aliphatic heterocycles. The lowest BCUT2D eigenvalue weighted by atomic mass is 10.3. The zero-order chi connectivity index (χ0) is 9.68. The predicted molar refractivity (Wildman–Crippen MR) is 61.6 cm³/mol. The Balaban J connectivity index is 2.48. The highest BCUT2D eigenvalue weighted by Crippen LogP contribution is 2.28. The smallest absolute Gasteiger partial charge is 0.0465 e. The van der Waals surface area contributed by atoms with Crippen LogP contribution in [-0.4, -0.2) is 13.7 Å². The van der Waals surface area contributed by atoms with E-state index in [1.165, 1.54) is 14.2 Å². The van der Waals surface area contributed by atoms with Gasteiger partial charge in [-0.15, -0.1) is 11.3 Å². The van der Waals surface area contributed by atoms with Crippen molar-refractivity contribution in [2.24, 2.45) is 0 Å². The molecule has 0 unspecified atom stereocenters. The van der Waals surface area contributed by atoms with Crippen LogP contribution in [0.4, 0.5) is 0 Å². The van der Waals surface area contributed by atoms with Crippen LogP contribution in [0.2, 0.25) is 0 Å². The van der Waals surface area contributed by atoms with Gasteiger partial charge in [-0.1, -0.05) is 6.92 Å². The third-order valence-corrected chi connectivity index (χ3v) is 4.21. The van der Waals surface area contributed by atoms with Crippen LogP contribution in [-0.2, 0) is 17.6 Å². The van der Waals surface area contributed by atoms with Gasteiger partial charge in [-0.25, -0.2) is 0 Å². The summed E-state index contributed by atoms with van der Waals surface area (Å²) in [5.74, 6) is 0. The molecule has 0 N–H and O–H groups in total. The van der Waals surface area contributed by atoms with Crippen molar-refractivity contribution in [3.05, 3.63) is 20.3 Å². The quantitative estimate of drug-likeness (QED) is 0.737. The molecule has 0 bridgehead atoms. The van der Waals surface area contributed by atoms with Crippen LogP contribution in [0, 0.1) is 0 Å². The molecule has 0 radical (unpaired) electrons. The predicted octanol–water partition coefficient (Wildman–Crippen LogP) is 3.65. The van der Waals surface area contributed by atoms with Gasteiger partial charge in [0.25, 0.3) is 0 Å². The highest BCUT2D eigenvalue weighted by Gasteiger charge is 2.04. The second-order valence-corrected chi connectivity index (χ2v) is 5.01. The molecule has 3 heteroatoms. The lowest BCUT2D eigenvalue weighted by molar-refractivity contribution is 0.195. The van der Waals surface area contributed by atoms with Gasteiger partial charge in [-0.05, 0) is 41.3 Å². The van der Waals surface area contributed by atoms with E-state index in [1.54, 1.807) is 7.11 Å². The lowest BCUT2D eigenvalue weighted by Crippen LogP contribution is -1.89. The van der Waals surface area contributed by atoms with Crippen LogP contribution in [0.15, 0.2) is 10.5 Å². The van der Waals surface area contributed by atoms with E-state index in [0.29, 0.717) is 0 Å². The molecular weight excluding hydrogens is 248 g/mol. The summed E-state index contributed by atoms with van der Waals surface area (Å²) < 4.78 is 6.29. The minimum atomic E-state index is 0.858. The van der Waals surface area contributed by atoms with Crippen LogP contribution < -0.4 is 0 Å². The largest absolute Gasteiger partial charge is 0.385 e. The Bertz CT molecular complexity index is 257. The average Bonchev–Trinajstić information content (AvgIpc) is 2.47. The molecule has 0 aliphatic rings. The van der Waals surface area contributed by atoms with Crippen molar-refractivity contribution < 1.29 is 4.74 Å². The number of ether oxygens (including phenoxy) is 1. The van der Waals surface area contributed by atoms with Crippen LogP contribution in [0.25, 0.3) is 0 Å². The Kier molecular flexibility index (Phi) is 4.99. The van der Waals surface area contributed by atoms with Crippen molar-refractivity contribution in [2.75, 3.05) is 13.7 Å². The molecule has 1 aromatic heterocycles. The number of halogens is 1. The van der Waals surface area contributed by atoms with Crippen LogP contribution in [0.3, 0.4) is 0 Å². The molecule has 1 heterocycles. The number of thiophene rings is 1. The van der Waals surface area contributed by atoms with Gasteiger partial charge in [0, 0.05) is 27.9 Å². The van der Waals surface area contributed by atoms with E-state index in [-0.39, 0.29) is 0 Å². The van der Waals surface area contributed by atoms with Crippen molar-refractivity contribution in [1.82, 2.24) is 0 Å². The zero-order valence-electron chi connectivity index (χ0n) is 8.10. The van der Waals surface area contributed by atoms with Crippen LogP contribution in [0.1, 0.15) is 23.1 Å². The minimum absolute atomic E-state index is 0.858. The van der Waals surface area contributed by atoms with Gasteiger partial charge in [-0.2, -0.15) is 0 Å². The Morgan fingerprint density at radius 1 is 1.54 bits per heavy atom. The Hall–Kier alpha value is 0.140. The first-order valence-electron chi connectivity index (χ1n) is 4.54. The van der Waals surface area contributed by atoms with E-state index in [1.807, 2.05) is 11.3 Å². The van der Waals surface area contributed by atoms with E-state index < -0.39 is 0 Å². The second-order valence-electron chi connectivity index (χ2n) is 2.93. The fourth-order valence-corrected chi connectivity index (χ4v) is 3.20. The molecule has 0 saturated carbocycles. The zero-order valence-corrected chi connectivity index (χ0v) is 10.5. The molecule has 1 rings (SSSR count). The van der Waals surface area contributed by atoms with Gasteiger partial charge in [0.2, 0.25) is 0 Å². The standard InChI is InChI=1S/C10H15BrOS/c1-3-10-9(11)7-8(13-10)5-4-6-12-2/h7H,3-6H2,1-2H3. The number of rotatable bonds is 5. The third kappa shape index (κ3) is 3.41. The number of hydrogen-bond donors (Lipinski definition) is 0. The van der Waals surface area contributed by atoms with Gasteiger partial charge in [0.15, 0.2) is 0 Å². The Morgan fingerprint density at radius 2 is 2.31 bits per heavy atom. The fraction of sp³-hybridized carbons (Fsp3) is 0.600. The van der Waals surface area contributed by atoms with Crippen LogP contribution in [0.5, 0.6) is 0 Å². The van der Waals surface area contributed by atoms with Crippen molar-refractivity contribution in [3.8, 4) is 0 Å². The van der Waals surface area contributed by atoms with Gasteiger partial charge >= 0.3 is 0 Å². The molecule has 13 heavy (non-hydrogen) atoms. The highest BCUT2D eigenvalue weighted by atomic mass is 79.9. The van der Waals surface area contributed by atoms with E-state index >= 15 is 0 Å². The SMILES string of the molecule is CCc1sc(CCCOC)cc1Br. The van der Waals surface area contributed by atoms with E-state index in [0.717, 1.165) is 25.9 Å². The molecule has 1 aromatic rings. The summed E-state index contributed by atoms with van der Waals surface area (Å²) in [6, 6.07) is 2.24. The number of aryl methyl sites for hydroxylation is 2. The summed E-state index contributed by atoms with van der Waals surface area (Å²) in [6.45, 7) is 3.05. The first kappa shape index (κ1) is 11.2. The van der Waals surface area contributed by atoms with E-state index in [9.17, 15) is 0 Å². The molecule has 1 nitrogen and oxygen atoms in total. The maximum absolute atomic E-state index is 5.02. The maximum Gasteiger partial charge on any atom is 0.0465 e. The van der Waals surface area contributed by atoms with Crippen LogP contribution >= 0.6 is 27.3 Å². The first-order chi connectivity index (χ1) is 6.27. The molecule has 0 spiro atoms. The molecule has 0 aliphatic carbocycles. The summed E-state index contributed by atoms with van der Waals surface area (Å²) in [4.78, 5) is 2.91. The highest BCUT2D eigenvalue weighted by molar-refractivity contribution is 9.10. The first-order valence-corrected chi connectivity index (χ1v) is 6.15. The normalized spacial score (nSPS) is 10.7. The molecule has 0 aromatic carbocycles. The summed E-state index contributed by atoms with van der Waals surface area (Å²) in [5, 5.41) is 0. The van der Waals surface area contributed by atoms with E-state index in [4.69, 9.17) is 4.74 Å². The van der Waals surface area contributed by atoms with Gasteiger partial charge in [0.1, 0.15) is 0 Å². The molecule has 74 valence electrons.